The summed E-state index contributed by atoms with van der Waals surface area (Å²) in [6, 6.07) is 5.47. The lowest BCUT2D eigenvalue weighted by atomic mass is 10.2. The molecule has 0 saturated carbocycles. The summed E-state index contributed by atoms with van der Waals surface area (Å²) in [6.45, 7) is 4.07. The van der Waals surface area contributed by atoms with Gasteiger partial charge < -0.3 is 10.2 Å². The molecule has 1 atom stereocenters. The Bertz CT molecular complexity index is 488. The molecule has 0 radical (unpaired) electrons. The first kappa shape index (κ1) is 13.5. The predicted molar refractivity (Wildman–Crippen MR) is 71.1 cm³/mol. The number of hydrogen-bond acceptors (Lipinski definition) is 4. The standard InChI is InChI=1S/C14H18N4O/c1-11(14(19)18-7-2-3-8-18)17-10-12-5-4-6-16-13(12)9-15/h4-6,11,17H,2-3,7-8,10H2,1H3. The molecule has 1 fully saturated rings. The van der Waals surface area contributed by atoms with Crippen molar-refractivity contribution in [1.29, 1.82) is 5.26 Å². The Morgan fingerprint density at radius 3 is 3.00 bits per heavy atom. The van der Waals surface area contributed by atoms with Gasteiger partial charge in [-0.05, 0) is 25.8 Å². The summed E-state index contributed by atoms with van der Waals surface area (Å²) in [5.74, 6) is 0.139. The largest absolute Gasteiger partial charge is 0.341 e. The fourth-order valence-corrected chi connectivity index (χ4v) is 2.24. The van der Waals surface area contributed by atoms with Crippen molar-refractivity contribution in [2.24, 2.45) is 0 Å². The SMILES string of the molecule is CC(NCc1cccnc1C#N)C(=O)N1CCCC1. The topological polar surface area (TPSA) is 69.0 Å². The first-order chi connectivity index (χ1) is 9.22. The quantitative estimate of drug-likeness (QED) is 0.876. The third kappa shape index (κ3) is 3.30. The van der Waals surface area contributed by atoms with Gasteiger partial charge in [-0.3, -0.25) is 4.79 Å². The highest BCUT2D eigenvalue weighted by Crippen LogP contribution is 2.10. The molecule has 2 heterocycles. The van der Waals surface area contributed by atoms with Crippen LogP contribution in [-0.2, 0) is 11.3 Å². The Kier molecular flexibility index (Phi) is 4.48. The van der Waals surface area contributed by atoms with Crippen molar-refractivity contribution < 1.29 is 4.79 Å². The second-order valence-corrected chi connectivity index (χ2v) is 4.76. The summed E-state index contributed by atoms with van der Waals surface area (Å²) in [7, 11) is 0. The summed E-state index contributed by atoms with van der Waals surface area (Å²) < 4.78 is 0. The molecule has 5 heteroatoms. The molecule has 1 saturated heterocycles. The Labute approximate surface area is 113 Å². The highest BCUT2D eigenvalue weighted by atomic mass is 16.2. The van der Waals surface area contributed by atoms with Gasteiger partial charge in [0.2, 0.25) is 5.91 Å². The number of hydrogen-bond donors (Lipinski definition) is 1. The lowest BCUT2D eigenvalue weighted by Gasteiger charge is -2.21. The summed E-state index contributed by atoms with van der Waals surface area (Å²) >= 11 is 0. The highest BCUT2D eigenvalue weighted by molar-refractivity contribution is 5.81. The monoisotopic (exact) mass is 258 g/mol. The molecule has 0 aromatic carbocycles. The molecule has 2 rings (SSSR count). The van der Waals surface area contributed by atoms with Gasteiger partial charge in [-0.2, -0.15) is 5.26 Å². The zero-order chi connectivity index (χ0) is 13.7. The number of rotatable bonds is 4. The van der Waals surface area contributed by atoms with E-state index >= 15 is 0 Å². The molecule has 1 unspecified atom stereocenters. The molecule has 5 nitrogen and oxygen atoms in total. The normalized spacial score (nSPS) is 16.1. The number of nitrogens with one attached hydrogen (secondary N) is 1. The lowest BCUT2D eigenvalue weighted by molar-refractivity contribution is -0.131. The van der Waals surface area contributed by atoms with Crippen LogP contribution in [-0.4, -0.2) is 34.9 Å². The first-order valence-electron chi connectivity index (χ1n) is 6.58. The van der Waals surface area contributed by atoms with Crippen LogP contribution in [0.25, 0.3) is 0 Å². The van der Waals surface area contributed by atoms with E-state index in [9.17, 15) is 4.79 Å². The van der Waals surface area contributed by atoms with Gasteiger partial charge >= 0.3 is 0 Å². The van der Waals surface area contributed by atoms with E-state index < -0.39 is 0 Å². The molecule has 1 aliphatic heterocycles. The van der Waals surface area contributed by atoms with E-state index in [1.165, 1.54) is 0 Å². The summed E-state index contributed by atoms with van der Waals surface area (Å²) in [6.07, 6.45) is 3.79. The highest BCUT2D eigenvalue weighted by Gasteiger charge is 2.22. The average Bonchev–Trinajstić information content (AvgIpc) is 2.98. The van der Waals surface area contributed by atoms with Crippen molar-refractivity contribution in [1.82, 2.24) is 15.2 Å². The van der Waals surface area contributed by atoms with Crippen LogP contribution in [0.15, 0.2) is 18.3 Å². The van der Waals surface area contributed by atoms with Gasteiger partial charge in [0.15, 0.2) is 0 Å². The fourth-order valence-electron chi connectivity index (χ4n) is 2.24. The number of carbonyl (C=O) groups excluding carboxylic acids is 1. The van der Waals surface area contributed by atoms with Gasteiger partial charge in [-0.25, -0.2) is 4.98 Å². The molecule has 1 amide bonds. The van der Waals surface area contributed by atoms with Crippen molar-refractivity contribution in [2.45, 2.75) is 32.4 Å². The minimum absolute atomic E-state index is 0.139. The van der Waals surface area contributed by atoms with Gasteiger partial charge in [0.25, 0.3) is 0 Å². The minimum Gasteiger partial charge on any atom is -0.341 e. The van der Waals surface area contributed by atoms with Gasteiger partial charge in [0.1, 0.15) is 11.8 Å². The van der Waals surface area contributed by atoms with E-state index in [0.29, 0.717) is 12.2 Å². The number of carbonyl (C=O) groups is 1. The van der Waals surface area contributed by atoms with Crippen LogP contribution in [0.3, 0.4) is 0 Å². The van der Waals surface area contributed by atoms with Gasteiger partial charge in [-0.1, -0.05) is 6.07 Å². The molecular formula is C14H18N4O. The molecule has 1 aliphatic rings. The Balaban J connectivity index is 1.91. The zero-order valence-corrected chi connectivity index (χ0v) is 11.1. The fraction of sp³-hybridized carbons (Fsp3) is 0.500. The molecule has 1 aromatic rings. The van der Waals surface area contributed by atoms with Gasteiger partial charge in [0.05, 0.1) is 6.04 Å². The van der Waals surface area contributed by atoms with Crippen LogP contribution in [0, 0.1) is 11.3 Å². The Morgan fingerprint density at radius 1 is 1.58 bits per heavy atom. The van der Waals surface area contributed by atoms with E-state index in [0.717, 1.165) is 31.5 Å². The number of nitrogens with zero attached hydrogens (tertiary/aromatic N) is 3. The third-order valence-corrected chi connectivity index (χ3v) is 3.38. The number of nitriles is 1. The maximum Gasteiger partial charge on any atom is 0.239 e. The number of likely N-dealkylation sites (tertiary alicyclic amines) is 1. The lowest BCUT2D eigenvalue weighted by Crippen LogP contribution is -2.43. The van der Waals surface area contributed by atoms with Crippen LogP contribution in [0.4, 0.5) is 0 Å². The van der Waals surface area contributed by atoms with Crippen molar-refractivity contribution in [2.75, 3.05) is 13.1 Å². The molecule has 1 N–H and O–H groups in total. The van der Waals surface area contributed by atoms with E-state index in [2.05, 4.69) is 16.4 Å². The molecule has 1 aromatic heterocycles. The number of aromatic nitrogens is 1. The maximum absolute atomic E-state index is 12.1. The first-order valence-corrected chi connectivity index (χ1v) is 6.58. The third-order valence-electron chi connectivity index (χ3n) is 3.38. The zero-order valence-electron chi connectivity index (χ0n) is 11.1. The molecular weight excluding hydrogens is 240 g/mol. The average molecular weight is 258 g/mol. The van der Waals surface area contributed by atoms with Gasteiger partial charge in [0, 0.05) is 31.4 Å². The second-order valence-electron chi connectivity index (χ2n) is 4.76. The van der Waals surface area contributed by atoms with Crippen LogP contribution in [0.5, 0.6) is 0 Å². The molecule has 0 bridgehead atoms. The van der Waals surface area contributed by atoms with Crippen molar-refractivity contribution in [3.05, 3.63) is 29.6 Å². The van der Waals surface area contributed by atoms with E-state index in [1.807, 2.05) is 17.9 Å². The minimum atomic E-state index is -0.232. The summed E-state index contributed by atoms with van der Waals surface area (Å²) in [5.41, 5.74) is 1.24. The molecule has 100 valence electrons. The van der Waals surface area contributed by atoms with Crippen molar-refractivity contribution >= 4 is 5.91 Å². The summed E-state index contributed by atoms with van der Waals surface area (Å²) in [5, 5.41) is 12.1. The van der Waals surface area contributed by atoms with Crippen LogP contribution < -0.4 is 5.32 Å². The van der Waals surface area contributed by atoms with E-state index in [4.69, 9.17) is 5.26 Å². The Hall–Kier alpha value is -1.93. The van der Waals surface area contributed by atoms with E-state index in [-0.39, 0.29) is 11.9 Å². The smallest absolute Gasteiger partial charge is 0.239 e. The molecule has 19 heavy (non-hydrogen) atoms. The molecule has 0 aliphatic carbocycles. The number of amides is 1. The maximum atomic E-state index is 12.1. The predicted octanol–water partition coefficient (Wildman–Crippen LogP) is 1.05. The molecule has 0 spiro atoms. The number of pyridine rings is 1. The van der Waals surface area contributed by atoms with Crippen LogP contribution in [0.2, 0.25) is 0 Å². The van der Waals surface area contributed by atoms with Crippen LogP contribution in [0.1, 0.15) is 31.0 Å². The second kappa shape index (κ2) is 6.30. The summed E-state index contributed by atoms with van der Waals surface area (Å²) in [4.78, 5) is 18.0. The van der Waals surface area contributed by atoms with E-state index in [1.54, 1.807) is 12.3 Å². The Morgan fingerprint density at radius 2 is 2.32 bits per heavy atom. The van der Waals surface area contributed by atoms with Crippen molar-refractivity contribution in [3.63, 3.8) is 0 Å². The van der Waals surface area contributed by atoms with Gasteiger partial charge in [-0.15, -0.1) is 0 Å². The van der Waals surface area contributed by atoms with Crippen LogP contribution >= 0.6 is 0 Å². The van der Waals surface area contributed by atoms with Crippen molar-refractivity contribution in [3.8, 4) is 6.07 Å².